The van der Waals surface area contributed by atoms with Crippen molar-refractivity contribution in [3.05, 3.63) is 17.6 Å². The first-order chi connectivity index (χ1) is 11.4. The fourth-order valence-corrected chi connectivity index (χ4v) is 2.64. The number of likely N-dealkylation sites (N-methyl/N-ethyl adjacent to an activating group) is 1. The lowest BCUT2D eigenvalue weighted by Crippen LogP contribution is -2.45. The molecule has 3 rings (SSSR count). The molecule has 3 heterocycles. The number of aromatic nitrogens is 4. The van der Waals surface area contributed by atoms with Gasteiger partial charge in [-0.1, -0.05) is 6.92 Å². The van der Waals surface area contributed by atoms with Gasteiger partial charge in [0.2, 0.25) is 0 Å². The second kappa shape index (κ2) is 6.52. The van der Waals surface area contributed by atoms with Gasteiger partial charge in [-0.3, -0.25) is 4.90 Å². The Kier molecular flexibility index (Phi) is 4.59. The molecular formula is C14H19F3N6O. The standard InChI is InChI=1S/C14H19F3N6O/c1-3-22-4-5-24-10(8-22)7-18-11-6-9(2)19-13-20-12(14(15,16)17)21-23(11)13/h6,10,18H,3-5,7-8H2,1-2H3/t10-/m1/s1. The quantitative estimate of drug-likeness (QED) is 0.908. The monoisotopic (exact) mass is 344 g/mol. The van der Waals surface area contributed by atoms with E-state index in [4.69, 9.17) is 4.74 Å². The fourth-order valence-electron chi connectivity index (χ4n) is 2.64. The van der Waals surface area contributed by atoms with Crippen molar-refractivity contribution in [1.82, 2.24) is 24.5 Å². The van der Waals surface area contributed by atoms with E-state index in [1.54, 1.807) is 13.0 Å². The van der Waals surface area contributed by atoms with Crippen LogP contribution in [0.15, 0.2) is 6.07 Å². The molecule has 0 spiro atoms. The molecule has 2 aromatic heterocycles. The summed E-state index contributed by atoms with van der Waals surface area (Å²) in [6, 6.07) is 1.64. The van der Waals surface area contributed by atoms with Gasteiger partial charge < -0.3 is 10.1 Å². The first-order valence-corrected chi connectivity index (χ1v) is 7.76. The fraction of sp³-hybridized carbons (Fsp3) is 0.643. The van der Waals surface area contributed by atoms with Gasteiger partial charge >= 0.3 is 6.18 Å². The zero-order chi connectivity index (χ0) is 17.3. The number of alkyl halides is 3. The number of rotatable bonds is 4. The maximum absolute atomic E-state index is 12.8. The molecule has 1 aliphatic rings. The molecule has 1 N–H and O–H groups in total. The molecule has 0 aromatic carbocycles. The van der Waals surface area contributed by atoms with Gasteiger partial charge in [0.05, 0.1) is 12.7 Å². The molecule has 0 amide bonds. The number of fused-ring (bicyclic) bond motifs is 1. The van der Waals surface area contributed by atoms with Crippen LogP contribution >= 0.6 is 0 Å². The number of halogens is 3. The lowest BCUT2D eigenvalue weighted by molar-refractivity contribution is -0.144. The van der Waals surface area contributed by atoms with Crippen LogP contribution in [0, 0.1) is 6.92 Å². The predicted molar refractivity (Wildman–Crippen MR) is 80.9 cm³/mol. The first-order valence-electron chi connectivity index (χ1n) is 7.76. The third-order valence-corrected chi connectivity index (χ3v) is 3.87. The van der Waals surface area contributed by atoms with E-state index in [1.165, 1.54) is 0 Å². The van der Waals surface area contributed by atoms with Gasteiger partial charge in [-0.2, -0.15) is 22.7 Å². The topological polar surface area (TPSA) is 67.6 Å². The Morgan fingerprint density at radius 3 is 2.88 bits per heavy atom. The van der Waals surface area contributed by atoms with Crippen LogP contribution in [0.4, 0.5) is 19.0 Å². The van der Waals surface area contributed by atoms with Crippen LogP contribution in [0.1, 0.15) is 18.4 Å². The third kappa shape index (κ3) is 3.59. The van der Waals surface area contributed by atoms with Crippen molar-refractivity contribution in [3.63, 3.8) is 0 Å². The van der Waals surface area contributed by atoms with Crippen molar-refractivity contribution in [3.8, 4) is 0 Å². The Balaban J connectivity index is 1.79. The maximum Gasteiger partial charge on any atom is 0.453 e. The van der Waals surface area contributed by atoms with E-state index in [9.17, 15) is 13.2 Å². The average molecular weight is 344 g/mol. The summed E-state index contributed by atoms with van der Waals surface area (Å²) in [5.41, 5.74) is 0.561. The minimum absolute atomic E-state index is 0.0344. The van der Waals surface area contributed by atoms with Gasteiger partial charge in [0.15, 0.2) is 0 Å². The van der Waals surface area contributed by atoms with E-state index < -0.39 is 12.0 Å². The minimum Gasteiger partial charge on any atom is -0.374 e. The third-order valence-electron chi connectivity index (χ3n) is 3.87. The summed E-state index contributed by atoms with van der Waals surface area (Å²) in [5, 5.41) is 6.63. The molecule has 1 fully saturated rings. The summed E-state index contributed by atoms with van der Waals surface area (Å²) in [7, 11) is 0. The van der Waals surface area contributed by atoms with Gasteiger partial charge in [-0.15, -0.1) is 5.10 Å². The number of hydrogen-bond donors (Lipinski definition) is 1. The predicted octanol–water partition coefficient (Wildman–Crippen LogP) is 1.58. The van der Waals surface area contributed by atoms with E-state index >= 15 is 0 Å². The molecule has 1 aliphatic heterocycles. The van der Waals surface area contributed by atoms with Crippen LogP contribution in [0.2, 0.25) is 0 Å². The summed E-state index contributed by atoms with van der Waals surface area (Å²) in [5.74, 6) is -0.864. The molecule has 1 atom stereocenters. The molecule has 2 aromatic rings. The highest BCUT2D eigenvalue weighted by molar-refractivity contribution is 5.45. The molecule has 0 bridgehead atoms. The number of hydrogen-bond acceptors (Lipinski definition) is 6. The lowest BCUT2D eigenvalue weighted by Gasteiger charge is -2.32. The van der Waals surface area contributed by atoms with E-state index in [2.05, 4.69) is 32.2 Å². The van der Waals surface area contributed by atoms with Crippen LogP contribution in [0.5, 0.6) is 0 Å². The molecule has 0 unspecified atom stereocenters. The van der Waals surface area contributed by atoms with Crippen molar-refractivity contribution < 1.29 is 17.9 Å². The lowest BCUT2D eigenvalue weighted by atomic mass is 10.2. The molecule has 0 saturated carbocycles. The number of aryl methyl sites for hydroxylation is 1. The highest BCUT2D eigenvalue weighted by Gasteiger charge is 2.36. The van der Waals surface area contributed by atoms with Crippen LogP contribution in [0.25, 0.3) is 5.78 Å². The Morgan fingerprint density at radius 2 is 2.17 bits per heavy atom. The number of morpholine rings is 1. The first kappa shape index (κ1) is 16.9. The van der Waals surface area contributed by atoms with Gasteiger partial charge in [0.25, 0.3) is 11.6 Å². The highest BCUT2D eigenvalue weighted by atomic mass is 19.4. The molecule has 0 aliphatic carbocycles. The molecule has 1 saturated heterocycles. The summed E-state index contributed by atoms with van der Waals surface area (Å²) in [4.78, 5) is 9.73. The van der Waals surface area contributed by atoms with Crippen molar-refractivity contribution in [2.75, 3.05) is 38.1 Å². The van der Waals surface area contributed by atoms with E-state index in [0.717, 1.165) is 24.1 Å². The molecule has 24 heavy (non-hydrogen) atoms. The zero-order valence-electron chi connectivity index (χ0n) is 13.5. The molecule has 10 heteroatoms. The normalized spacial score (nSPS) is 19.8. The molecule has 0 radical (unpaired) electrons. The van der Waals surface area contributed by atoms with Crippen molar-refractivity contribution in [2.45, 2.75) is 26.1 Å². The van der Waals surface area contributed by atoms with E-state index in [1.807, 2.05) is 0 Å². The smallest absolute Gasteiger partial charge is 0.374 e. The Labute approximate surface area is 136 Å². The number of nitrogens with zero attached hydrogens (tertiary/aromatic N) is 5. The molecule has 7 nitrogen and oxygen atoms in total. The van der Waals surface area contributed by atoms with Gasteiger partial charge in [0.1, 0.15) is 5.82 Å². The van der Waals surface area contributed by atoms with E-state index in [0.29, 0.717) is 24.7 Å². The van der Waals surface area contributed by atoms with Crippen molar-refractivity contribution in [2.24, 2.45) is 0 Å². The molecular weight excluding hydrogens is 325 g/mol. The SMILES string of the molecule is CCN1CCO[C@H](CNc2cc(C)nc3nc(C(F)(F)F)nn23)C1. The maximum atomic E-state index is 12.8. The summed E-state index contributed by atoms with van der Waals surface area (Å²) < 4.78 is 45.2. The van der Waals surface area contributed by atoms with Crippen molar-refractivity contribution in [1.29, 1.82) is 0 Å². The number of ether oxygens (including phenoxy) is 1. The highest BCUT2D eigenvalue weighted by Crippen LogP contribution is 2.27. The van der Waals surface area contributed by atoms with Crippen LogP contribution in [-0.2, 0) is 10.9 Å². The number of nitrogens with one attached hydrogen (secondary N) is 1. The second-order valence-electron chi connectivity index (χ2n) is 5.69. The van der Waals surface area contributed by atoms with Crippen molar-refractivity contribution >= 4 is 11.6 Å². The Morgan fingerprint density at radius 1 is 1.38 bits per heavy atom. The van der Waals surface area contributed by atoms with Crippen LogP contribution in [0.3, 0.4) is 0 Å². The number of anilines is 1. The minimum atomic E-state index is -4.60. The Bertz CT molecular complexity index is 716. The van der Waals surface area contributed by atoms with Crippen LogP contribution < -0.4 is 5.32 Å². The molecule has 132 valence electrons. The van der Waals surface area contributed by atoms with Crippen LogP contribution in [-0.4, -0.2) is 63.4 Å². The zero-order valence-corrected chi connectivity index (χ0v) is 13.5. The summed E-state index contributed by atoms with van der Waals surface area (Å²) in [6.07, 6.45) is -4.64. The summed E-state index contributed by atoms with van der Waals surface area (Å²) >= 11 is 0. The summed E-state index contributed by atoms with van der Waals surface area (Å²) in [6.45, 7) is 7.51. The average Bonchev–Trinajstić information content (AvgIpc) is 2.97. The largest absolute Gasteiger partial charge is 0.453 e. The van der Waals surface area contributed by atoms with Gasteiger partial charge in [-0.25, -0.2) is 4.98 Å². The van der Waals surface area contributed by atoms with Gasteiger partial charge in [-0.05, 0) is 13.5 Å². The van der Waals surface area contributed by atoms with Gasteiger partial charge in [0, 0.05) is 31.4 Å². The Hall–Kier alpha value is -1.94. The second-order valence-corrected chi connectivity index (χ2v) is 5.69. The van der Waals surface area contributed by atoms with E-state index in [-0.39, 0.29) is 11.9 Å².